The molecule has 0 aliphatic heterocycles. The van der Waals surface area contributed by atoms with Gasteiger partial charge in [0, 0.05) is 25.4 Å². The summed E-state index contributed by atoms with van der Waals surface area (Å²) in [5.74, 6) is 0.325. The van der Waals surface area contributed by atoms with Crippen molar-refractivity contribution < 1.29 is 9.18 Å². The Hall–Kier alpha value is -2.83. The van der Waals surface area contributed by atoms with Crippen molar-refractivity contribution in [2.45, 2.75) is 32.6 Å². The number of nitrogens with one attached hydrogen (secondary N) is 1. The van der Waals surface area contributed by atoms with Crippen LogP contribution in [0.25, 0.3) is 5.78 Å². The van der Waals surface area contributed by atoms with Gasteiger partial charge in [0.1, 0.15) is 12.1 Å². The molecule has 0 radical (unpaired) electrons. The number of halogens is 1. The Balaban J connectivity index is 1.38. The molecule has 2 aromatic heterocycles. The number of carbonyl (C=O) groups excluding carboxylic acids is 1. The lowest BCUT2D eigenvalue weighted by atomic mass is 10.1. The number of aryl methyl sites for hydroxylation is 3. The van der Waals surface area contributed by atoms with Crippen LogP contribution in [-0.2, 0) is 17.6 Å². The fraction of sp³-hybridized carbons (Fsp3) is 0.333. The summed E-state index contributed by atoms with van der Waals surface area (Å²) in [7, 11) is 0. The standard InChI is InChI=1S/C18H20FN5O/c1-13-4-5-14(9-16(13)19)6-7-17(25)20-8-2-3-15-10-21-18-22-12-23-24(18)11-15/h4-5,9-12H,2-3,6-8H2,1H3,(H,20,25). The average Bonchev–Trinajstić information content (AvgIpc) is 3.07. The second-order valence-corrected chi connectivity index (χ2v) is 6.00. The predicted molar refractivity (Wildman–Crippen MR) is 91.6 cm³/mol. The lowest BCUT2D eigenvalue weighted by Crippen LogP contribution is -2.25. The van der Waals surface area contributed by atoms with E-state index in [0.717, 1.165) is 24.0 Å². The molecule has 0 aliphatic rings. The first kappa shape index (κ1) is 17.0. The summed E-state index contributed by atoms with van der Waals surface area (Å²) >= 11 is 0. The van der Waals surface area contributed by atoms with Crippen LogP contribution in [0.3, 0.4) is 0 Å². The number of nitrogens with zero attached hydrogens (tertiary/aromatic N) is 4. The van der Waals surface area contributed by atoms with Crippen LogP contribution in [-0.4, -0.2) is 32.0 Å². The van der Waals surface area contributed by atoms with E-state index >= 15 is 0 Å². The molecule has 1 amide bonds. The molecule has 0 unspecified atom stereocenters. The zero-order chi connectivity index (χ0) is 17.6. The van der Waals surface area contributed by atoms with Crippen LogP contribution >= 0.6 is 0 Å². The van der Waals surface area contributed by atoms with Crippen molar-refractivity contribution in [2.75, 3.05) is 6.54 Å². The molecule has 0 atom stereocenters. The van der Waals surface area contributed by atoms with E-state index in [4.69, 9.17) is 0 Å². The van der Waals surface area contributed by atoms with Crippen molar-refractivity contribution in [2.24, 2.45) is 0 Å². The fourth-order valence-electron chi connectivity index (χ4n) is 2.55. The van der Waals surface area contributed by atoms with Gasteiger partial charge in [-0.3, -0.25) is 4.79 Å². The molecule has 6 nitrogen and oxygen atoms in total. The van der Waals surface area contributed by atoms with Crippen molar-refractivity contribution in [3.8, 4) is 0 Å². The molecule has 3 rings (SSSR count). The van der Waals surface area contributed by atoms with E-state index in [0.29, 0.717) is 30.7 Å². The largest absolute Gasteiger partial charge is 0.356 e. The number of amides is 1. The first-order chi connectivity index (χ1) is 12.1. The second-order valence-electron chi connectivity index (χ2n) is 6.00. The topological polar surface area (TPSA) is 72.2 Å². The molecule has 130 valence electrons. The van der Waals surface area contributed by atoms with E-state index < -0.39 is 0 Å². The number of carbonyl (C=O) groups is 1. The number of aromatic nitrogens is 4. The van der Waals surface area contributed by atoms with Crippen LogP contribution in [0.1, 0.15) is 29.5 Å². The van der Waals surface area contributed by atoms with Gasteiger partial charge in [-0.15, -0.1) is 0 Å². The summed E-state index contributed by atoms with van der Waals surface area (Å²) in [6, 6.07) is 5.09. The van der Waals surface area contributed by atoms with Gasteiger partial charge in [0.15, 0.2) is 0 Å². The predicted octanol–water partition coefficient (Wildman–Crippen LogP) is 2.25. The molecule has 0 bridgehead atoms. The Morgan fingerprint density at radius 3 is 2.96 bits per heavy atom. The third-order valence-corrected chi connectivity index (χ3v) is 4.03. The third kappa shape index (κ3) is 4.59. The van der Waals surface area contributed by atoms with Gasteiger partial charge in [0.25, 0.3) is 5.78 Å². The minimum absolute atomic E-state index is 0.0224. The number of rotatable bonds is 7. The van der Waals surface area contributed by atoms with Crippen molar-refractivity contribution >= 4 is 11.7 Å². The summed E-state index contributed by atoms with van der Waals surface area (Å²) in [5.41, 5.74) is 2.50. The molecule has 0 fully saturated rings. The molecule has 0 aliphatic carbocycles. The van der Waals surface area contributed by atoms with E-state index in [1.54, 1.807) is 23.7 Å². The first-order valence-electron chi connectivity index (χ1n) is 8.28. The van der Waals surface area contributed by atoms with Crippen LogP contribution in [0.5, 0.6) is 0 Å². The Kier molecular flexibility index (Phi) is 5.33. The van der Waals surface area contributed by atoms with Crippen molar-refractivity contribution in [3.63, 3.8) is 0 Å². The van der Waals surface area contributed by atoms with Gasteiger partial charge in [0.05, 0.1) is 0 Å². The molecule has 7 heteroatoms. The van der Waals surface area contributed by atoms with Crippen LogP contribution in [0, 0.1) is 12.7 Å². The van der Waals surface area contributed by atoms with Crippen LogP contribution in [0.2, 0.25) is 0 Å². The lowest BCUT2D eigenvalue weighted by molar-refractivity contribution is -0.121. The zero-order valence-electron chi connectivity index (χ0n) is 14.1. The summed E-state index contributed by atoms with van der Waals surface area (Å²) in [5, 5.41) is 6.94. The third-order valence-electron chi connectivity index (χ3n) is 4.03. The zero-order valence-corrected chi connectivity index (χ0v) is 14.1. The average molecular weight is 341 g/mol. The second kappa shape index (κ2) is 7.83. The molecule has 0 spiro atoms. The molecule has 0 saturated heterocycles. The molecular weight excluding hydrogens is 321 g/mol. The van der Waals surface area contributed by atoms with Gasteiger partial charge in [-0.1, -0.05) is 12.1 Å². The summed E-state index contributed by atoms with van der Waals surface area (Å²) in [6.07, 6.45) is 7.64. The highest BCUT2D eigenvalue weighted by molar-refractivity contribution is 5.76. The van der Waals surface area contributed by atoms with Gasteiger partial charge < -0.3 is 5.32 Å². The highest BCUT2D eigenvalue weighted by Crippen LogP contribution is 2.10. The Labute approximate surface area is 145 Å². The highest BCUT2D eigenvalue weighted by atomic mass is 19.1. The van der Waals surface area contributed by atoms with Crippen molar-refractivity contribution in [1.29, 1.82) is 0 Å². The summed E-state index contributed by atoms with van der Waals surface area (Å²) in [4.78, 5) is 20.1. The van der Waals surface area contributed by atoms with E-state index in [2.05, 4.69) is 20.4 Å². The maximum Gasteiger partial charge on any atom is 0.252 e. The first-order valence-corrected chi connectivity index (χ1v) is 8.28. The molecule has 1 aromatic carbocycles. The van der Waals surface area contributed by atoms with E-state index in [9.17, 15) is 9.18 Å². The Morgan fingerprint density at radius 1 is 1.24 bits per heavy atom. The maximum atomic E-state index is 13.5. The van der Waals surface area contributed by atoms with E-state index in [1.165, 1.54) is 12.4 Å². The number of benzene rings is 1. The summed E-state index contributed by atoms with van der Waals surface area (Å²) in [6.45, 7) is 2.32. The summed E-state index contributed by atoms with van der Waals surface area (Å²) < 4.78 is 15.1. The molecule has 3 aromatic rings. The lowest BCUT2D eigenvalue weighted by Gasteiger charge is -2.06. The van der Waals surface area contributed by atoms with Gasteiger partial charge in [0.2, 0.25) is 5.91 Å². The number of hydrogen-bond donors (Lipinski definition) is 1. The fourth-order valence-corrected chi connectivity index (χ4v) is 2.55. The van der Waals surface area contributed by atoms with Crippen LogP contribution < -0.4 is 5.32 Å². The quantitative estimate of drug-likeness (QED) is 0.669. The van der Waals surface area contributed by atoms with Gasteiger partial charge in [-0.05, 0) is 48.9 Å². The number of hydrogen-bond acceptors (Lipinski definition) is 4. The van der Waals surface area contributed by atoms with E-state index in [1.807, 2.05) is 12.3 Å². The van der Waals surface area contributed by atoms with Gasteiger partial charge in [-0.2, -0.15) is 10.1 Å². The monoisotopic (exact) mass is 341 g/mol. The van der Waals surface area contributed by atoms with E-state index in [-0.39, 0.29) is 11.7 Å². The molecular formula is C18H20FN5O. The molecule has 25 heavy (non-hydrogen) atoms. The van der Waals surface area contributed by atoms with Crippen molar-refractivity contribution in [3.05, 3.63) is 59.4 Å². The van der Waals surface area contributed by atoms with Crippen LogP contribution in [0.15, 0.2) is 36.9 Å². The minimum Gasteiger partial charge on any atom is -0.356 e. The Morgan fingerprint density at radius 2 is 2.12 bits per heavy atom. The molecule has 2 heterocycles. The van der Waals surface area contributed by atoms with Crippen molar-refractivity contribution in [1.82, 2.24) is 24.9 Å². The number of fused-ring (bicyclic) bond motifs is 1. The minimum atomic E-state index is -0.226. The maximum absolute atomic E-state index is 13.5. The normalized spacial score (nSPS) is 11.0. The molecule has 0 saturated carbocycles. The smallest absolute Gasteiger partial charge is 0.252 e. The van der Waals surface area contributed by atoms with Gasteiger partial charge >= 0.3 is 0 Å². The van der Waals surface area contributed by atoms with Gasteiger partial charge in [-0.25, -0.2) is 13.9 Å². The SMILES string of the molecule is Cc1ccc(CCC(=O)NCCCc2cnc3ncnn3c2)cc1F. The Bertz CT molecular complexity index is 877. The van der Waals surface area contributed by atoms with Crippen LogP contribution in [0.4, 0.5) is 4.39 Å². The molecule has 1 N–H and O–H groups in total. The highest BCUT2D eigenvalue weighted by Gasteiger charge is 2.05.